The lowest BCUT2D eigenvalue weighted by Crippen LogP contribution is -2.47. The van der Waals surface area contributed by atoms with Gasteiger partial charge in [0.15, 0.2) is 5.13 Å². The van der Waals surface area contributed by atoms with E-state index in [1.165, 1.54) is 16.9 Å². The Morgan fingerprint density at radius 3 is 2.56 bits per heavy atom. The van der Waals surface area contributed by atoms with Gasteiger partial charge in [0.2, 0.25) is 0 Å². The van der Waals surface area contributed by atoms with Crippen molar-refractivity contribution in [3.05, 3.63) is 65.9 Å². The van der Waals surface area contributed by atoms with Gasteiger partial charge in [-0.25, -0.2) is 15.0 Å². The first-order chi connectivity index (χ1) is 17.4. The van der Waals surface area contributed by atoms with E-state index in [9.17, 15) is 4.79 Å². The maximum absolute atomic E-state index is 10.9. The Morgan fingerprint density at radius 1 is 1.06 bits per heavy atom. The van der Waals surface area contributed by atoms with E-state index in [0.717, 1.165) is 71.1 Å². The van der Waals surface area contributed by atoms with Gasteiger partial charge >= 0.3 is 5.97 Å². The number of carboxylic acid groups (broad SMARTS) is 1. The molecule has 186 valence electrons. The lowest BCUT2D eigenvalue weighted by Gasteiger charge is -2.33. The molecule has 0 atom stereocenters. The molecule has 9 nitrogen and oxygen atoms in total. The molecule has 1 fully saturated rings. The quantitative estimate of drug-likeness (QED) is 0.368. The molecule has 1 aliphatic heterocycles. The highest BCUT2D eigenvalue weighted by molar-refractivity contribution is 7.21. The van der Waals surface area contributed by atoms with Gasteiger partial charge in [-0.15, -0.1) is 0 Å². The van der Waals surface area contributed by atoms with Gasteiger partial charge in [-0.1, -0.05) is 29.0 Å². The Hall–Kier alpha value is -3.60. The van der Waals surface area contributed by atoms with E-state index in [-0.39, 0.29) is 6.54 Å². The number of nitrogens with one attached hydrogen (secondary N) is 1. The highest BCUT2D eigenvalue weighted by Gasteiger charge is 2.19. The number of aryl methyl sites for hydroxylation is 1. The van der Waals surface area contributed by atoms with Crippen LogP contribution in [0.5, 0.6) is 0 Å². The lowest BCUT2D eigenvalue weighted by molar-refractivity contribution is -0.138. The Balaban J connectivity index is 1.24. The summed E-state index contributed by atoms with van der Waals surface area (Å²) in [5.74, 6) is 0.839. The number of fused-ring (bicyclic) bond motifs is 1. The summed E-state index contributed by atoms with van der Waals surface area (Å²) < 4.78 is 0. The second-order valence-electron chi connectivity index (χ2n) is 9.03. The van der Waals surface area contributed by atoms with Crippen LogP contribution in [-0.2, 0) is 11.3 Å². The number of carbonyl (C=O) groups is 1. The van der Waals surface area contributed by atoms with Crippen molar-refractivity contribution < 1.29 is 9.90 Å². The molecule has 0 aliphatic carbocycles. The number of hydrogen-bond acceptors (Lipinski definition) is 9. The first-order valence-electron chi connectivity index (χ1n) is 11.9. The molecule has 4 aromatic rings. The van der Waals surface area contributed by atoms with Gasteiger partial charge in [-0.2, -0.15) is 0 Å². The maximum Gasteiger partial charge on any atom is 0.317 e. The summed E-state index contributed by atoms with van der Waals surface area (Å²) in [7, 11) is 2.01. The standard InChI is InChI=1S/C26H29N7O2S/c1-18-3-5-20(6-4-18)31(2)23-8-7-21-25(30-23)36-26(28-21)29-22-15-19(9-10-27-22)16-32-11-13-33(14-12-32)17-24(34)35/h3-10,15H,11-14,16-17H2,1-2H3,(H,34,35)(H,27,28,29). The van der Waals surface area contributed by atoms with Crippen LogP contribution in [0.3, 0.4) is 0 Å². The van der Waals surface area contributed by atoms with Crippen molar-refractivity contribution in [2.24, 2.45) is 0 Å². The molecule has 2 N–H and O–H groups in total. The largest absolute Gasteiger partial charge is 0.480 e. The van der Waals surface area contributed by atoms with Crippen LogP contribution in [-0.4, -0.2) is 75.6 Å². The lowest BCUT2D eigenvalue weighted by atomic mass is 10.2. The number of piperazine rings is 1. The fourth-order valence-corrected chi connectivity index (χ4v) is 5.09. The van der Waals surface area contributed by atoms with Crippen molar-refractivity contribution in [3.63, 3.8) is 0 Å². The molecule has 0 amide bonds. The van der Waals surface area contributed by atoms with E-state index in [2.05, 4.69) is 51.3 Å². The Morgan fingerprint density at radius 2 is 1.81 bits per heavy atom. The van der Waals surface area contributed by atoms with Gasteiger partial charge < -0.3 is 15.3 Å². The fraction of sp³-hybridized carbons (Fsp3) is 0.308. The number of aromatic nitrogens is 3. The molecule has 0 bridgehead atoms. The minimum absolute atomic E-state index is 0.109. The second-order valence-corrected chi connectivity index (χ2v) is 10.0. The average Bonchev–Trinajstić information content (AvgIpc) is 3.26. The molecule has 3 aromatic heterocycles. The number of benzene rings is 1. The summed E-state index contributed by atoms with van der Waals surface area (Å²) in [6, 6.07) is 16.4. The highest BCUT2D eigenvalue weighted by atomic mass is 32.1. The van der Waals surface area contributed by atoms with E-state index in [1.807, 2.05) is 36.2 Å². The monoisotopic (exact) mass is 503 g/mol. The number of anilines is 4. The van der Waals surface area contributed by atoms with Crippen LogP contribution in [0.15, 0.2) is 54.7 Å². The number of thiazole rings is 1. The minimum Gasteiger partial charge on any atom is -0.480 e. The molecular weight excluding hydrogens is 474 g/mol. The smallest absolute Gasteiger partial charge is 0.317 e. The first-order valence-corrected chi connectivity index (χ1v) is 12.7. The fourth-order valence-electron chi connectivity index (χ4n) is 4.25. The summed E-state index contributed by atoms with van der Waals surface area (Å²) in [4.78, 5) is 32.2. The zero-order valence-electron chi connectivity index (χ0n) is 20.4. The van der Waals surface area contributed by atoms with Crippen LogP contribution in [0, 0.1) is 6.92 Å². The predicted octanol–water partition coefficient (Wildman–Crippen LogP) is 4.11. The van der Waals surface area contributed by atoms with Gasteiger partial charge in [0.1, 0.15) is 22.0 Å². The molecular formula is C26H29N7O2S. The third-order valence-corrected chi connectivity index (χ3v) is 7.18. The zero-order chi connectivity index (χ0) is 25.1. The van der Waals surface area contributed by atoms with Crippen molar-refractivity contribution in [2.45, 2.75) is 13.5 Å². The van der Waals surface area contributed by atoms with Gasteiger partial charge in [-0.05, 0) is 48.9 Å². The second kappa shape index (κ2) is 10.6. The van der Waals surface area contributed by atoms with Crippen LogP contribution in [0.1, 0.15) is 11.1 Å². The Kier molecular flexibility index (Phi) is 7.08. The third kappa shape index (κ3) is 5.78. The van der Waals surface area contributed by atoms with Gasteiger partial charge in [-0.3, -0.25) is 14.6 Å². The molecule has 36 heavy (non-hydrogen) atoms. The van der Waals surface area contributed by atoms with Gasteiger partial charge in [0.05, 0.1) is 6.54 Å². The zero-order valence-corrected chi connectivity index (χ0v) is 21.2. The van der Waals surface area contributed by atoms with Crippen LogP contribution in [0.2, 0.25) is 0 Å². The minimum atomic E-state index is -0.771. The van der Waals surface area contributed by atoms with Crippen LogP contribution in [0.4, 0.5) is 22.5 Å². The number of carboxylic acids is 1. The van der Waals surface area contributed by atoms with E-state index in [4.69, 9.17) is 15.1 Å². The van der Waals surface area contributed by atoms with Gasteiger partial charge in [0, 0.05) is 51.7 Å². The first kappa shape index (κ1) is 24.1. The third-order valence-electron chi connectivity index (χ3n) is 6.30. The number of nitrogens with zero attached hydrogens (tertiary/aromatic N) is 6. The van der Waals surface area contributed by atoms with Crippen molar-refractivity contribution >= 4 is 50.1 Å². The normalized spacial score (nSPS) is 14.7. The molecule has 0 radical (unpaired) electrons. The average molecular weight is 504 g/mol. The highest BCUT2D eigenvalue weighted by Crippen LogP contribution is 2.30. The molecule has 10 heteroatoms. The van der Waals surface area contributed by atoms with Gasteiger partial charge in [0.25, 0.3) is 0 Å². The SMILES string of the molecule is Cc1ccc(N(C)c2ccc3nc(Nc4cc(CN5CCN(CC(=O)O)CC5)ccn4)sc3n2)cc1. The van der Waals surface area contributed by atoms with Crippen molar-refractivity contribution in [1.82, 2.24) is 24.8 Å². The summed E-state index contributed by atoms with van der Waals surface area (Å²) >= 11 is 1.50. The molecule has 0 spiro atoms. The van der Waals surface area contributed by atoms with E-state index in [1.54, 1.807) is 6.20 Å². The van der Waals surface area contributed by atoms with E-state index < -0.39 is 5.97 Å². The summed E-state index contributed by atoms with van der Waals surface area (Å²) in [6.45, 7) is 6.22. The van der Waals surface area contributed by atoms with E-state index >= 15 is 0 Å². The summed E-state index contributed by atoms with van der Waals surface area (Å²) in [6.07, 6.45) is 1.80. The van der Waals surface area contributed by atoms with Crippen molar-refractivity contribution in [3.8, 4) is 0 Å². The van der Waals surface area contributed by atoms with Crippen LogP contribution in [0.25, 0.3) is 10.3 Å². The van der Waals surface area contributed by atoms with Crippen molar-refractivity contribution in [2.75, 3.05) is 50.0 Å². The molecule has 0 unspecified atom stereocenters. The van der Waals surface area contributed by atoms with E-state index in [0.29, 0.717) is 0 Å². The van der Waals surface area contributed by atoms with Crippen LogP contribution < -0.4 is 10.2 Å². The molecule has 1 aromatic carbocycles. The Bertz CT molecular complexity index is 1350. The molecule has 4 heterocycles. The molecule has 1 saturated heterocycles. The topological polar surface area (TPSA) is 97.7 Å². The molecule has 1 aliphatic rings. The molecule has 5 rings (SSSR count). The maximum atomic E-state index is 10.9. The number of hydrogen-bond donors (Lipinski definition) is 2. The predicted molar refractivity (Wildman–Crippen MR) is 144 cm³/mol. The number of rotatable bonds is 8. The summed E-state index contributed by atoms with van der Waals surface area (Å²) in [5, 5.41) is 13.1. The number of aliphatic carboxylic acids is 1. The Labute approximate surface area is 214 Å². The summed E-state index contributed by atoms with van der Waals surface area (Å²) in [5.41, 5.74) is 4.31. The molecule has 0 saturated carbocycles. The van der Waals surface area contributed by atoms with Crippen LogP contribution >= 0.6 is 11.3 Å². The van der Waals surface area contributed by atoms with Crippen molar-refractivity contribution in [1.29, 1.82) is 0 Å². The number of pyridine rings is 2.